The summed E-state index contributed by atoms with van der Waals surface area (Å²) < 4.78 is 1.38. The van der Waals surface area contributed by atoms with E-state index in [9.17, 15) is 9.59 Å². The number of benzene rings is 2. The first kappa shape index (κ1) is 19.4. The Balaban J connectivity index is 1.77. The van der Waals surface area contributed by atoms with E-state index in [4.69, 9.17) is 11.6 Å². The number of anilines is 1. The molecule has 0 saturated carbocycles. The largest absolute Gasteiger partial charge is 0.324 e. The van der Waals surface area contributed by atoms with Crippen molar-refractivity contribution in [3.05, 3.63) is 81.2 Å². The number of hydrogen-bond donors (Lipinski definition) is 1. The van der Waals surface area contributed by atoms with Crippen molar-refractivity contribution in [3.8, 4) is 11.1 Å². The lowest BCUT2D eigenvalue weighted by molar-refractivity contribution is -0.118. The molecule has 0 saturated heterocycles. The summed E-state index contributed by atoms with van der Waals surface area (Å²) in [5, 5.41) is 3.99. The fraction of sp³-hybridized carbons (Fsp3) is 0.136. The number of nitrogens with one attached hydrogen (secondary N) is 1. The molecule has 1 amide bonds. The van der Waals surface area contributed by atoms with Gasteiger partial charge < -0.3 is 5.32 Å². The zero-order valence-electron chi connectivity index (χ0n) is 15.8. The molecule has 4 aromatic rings. The van der Waals surface area contributed by atoms with Crippen LogP contribution in [0.1, 0.15) is 17.8 Å². The molecule has 0 aliphatic carbocycles. The van der Waals surface area contributed by atoms with Gasteiger partial charge in [0.15, 0.2) is 0 Å². The molecule has 1 N–H and O–H groups in total. The second-order valence-corrected chi connectivity index (χ2v) is 8.35. The molecular weight excluding hydrogens is 406 g/mol. The number of aryl methyl sites for hydroxylation is 1. The highest BCUT2D eigenvalue weighted by molar-refractivity contribution is 7.19. The molecule has 2 heterocycles. The summed E-state index contributed by atoms with van der Waals surface area (Å²) in [4.78, 5) is 32.1. The molecule has 0 bridgehead atoms. The van der Waals surface area contributed by atoms with Crippen LogP contribution in [-0.4, -0.2) is 15.5 Å². The van der Waals surface area contributed by atoms with E-state index in [0.717, 1.165) is 16.0 Å². The van der Waals surface area contributed by atoms with Gasteiger partial charge in [-0.05, 0) is 43.7 Å². The van der Waals surface area contributed by atoms with Crippen LogP contribution in [0, 0.1) is 6.92 Å². The maximum absolute atomic E-state index is 13.3. The Labute approximate surface area is 176 Å². The van der Waals surface area contributed by atoms with E-state index in [2.05, 4.69) is 10.3 Å². The number of halogens is 1. The summed E-state index contributed by atoms with van der Waals surface area (Å²) in [5.41, 5.74) is 2.18. The predicted octanol–water partition coefficient (Wildman–Crippen LogP) is 5.29. The van der Waals surface area contributed by atoms with E-state index in [-0.39, 0.29) is 11.5 Å². The van der Waals surface area contributed by atoms with E-state index in [1.807, 2.05) is 37.3 Å². The summed E-state index contributed by atoms with van der Waals surface area (Å²) >= 11 is 7.48. The highest BCUT2D eigenvalue weighted by Crippen LogP contribution is 2.36. The Kier molecular flexibility index (Phi) is 5.22. The first-order valence-electron chi connectivity index (χ1n) is 9.08. The Morgan fingerprint density at radius 3 is 2.52 bits per heavy atom. The smallest absolute Gasteiger partial charge is 0.263 e. The van der Waals surface area contributed by atoms with Crippen LogP contribution < -0.4 is 10.9 Å². The number of fused-ring (bicyclic) bond motifs is 1. The zero-order valence-corrected chi connectivity index (χ0v) is 17.4. The molecule has 7 heteroatoms. The Morgan fingerprint density at radius 1 is 1.14 bits per heavy atom. The molecule has 29 heavy (non-hydrogen) atoms. The molecule has 0 aliphatic rings. The minimum atomic E-state index is -0.710. The molecule has 5 nitrogen and oxygen atoms in total. The van der Waals surface area contributed by atoms with Crippen LogP contribution in [-0.2, 0) is 4.79 Å². The molecule has 0 fully saturated rings. The lowest BCUT2D eigenvalue weighted by Crippen LogP contribution is -2.31. The van der Waals surface area contributed by atoms with Crippen molar-refractivity contribution in [2.75, 3.05) is 5.32 Å². The van der Waals surface area contributed by atoms with Crippen molar-refractivity contribution < 1.29 is 4.79 Å². The number of rotatable bonds is 4. The normalized spacial score (nSPS) is 12.1. The van der Waals surface area contributed by atoms with Gasteiger partial charge in [-0.15, -0.1) is 11.3 Å². The van der Waals surface area contributed by atoms with Crippen molar-refractivity contribution >= 4 is 44.7 Å². The van der Waals surface area contributed by atoms with Crippen molar-refractivity contribution in [1.82, 2.24) is 9.55 Å². The number of para-hydroxylation sites is 1. The lowest BCUT2D eigenvalue weighted by atomic mass is 10.0. The Hall–Kier alpha value is -2.96. The quantitative estimate of drug-likeness (QED) is 0.485. The summed E-state index contributed by atoms with van der Waals surface area (Å²) in [5.74, 6) is -0.278. The zero-order chi connectivity index (χ0) is 20.5. The van der Waals surface area contributed by atoms with Gasteiger partial charge in [-0.25, -0.2) is 4.98 Å². The topological polar surface area (TPSA) is 64.0 Å². The average Bonchev–Trinajstić information content (AvgIpc) is 3.06. The van der Waals surface area contributed by atoms with Gasteiger partial charge in [0.05, 0.1) is 11.7 Å². The van der Waals surface area contributed by atoms with Gasteiger partial charge in [-0.1, -0.05) is 41.9 Å². The molecule has 2 aromatic heterocycles. The van der Waals surface area contributed by atoms with Gasteiger partial charge in [0, 0.05) is 21.2 Å². The third-order valence-electron chi connectivity index (χ3n) is 4.78. The van der Waals surface area contributed by atoms with Crippen LogP contribution in [0.5, 0.6) is 0 Å². The monoisotopic (exact) mass is 423 g/mol. The Bertz CT molecular complexity index is 1250. The number of carbonyl (C=O) groups is 1. The average molecular weight is 424 g/mol. The SMILES string of the molecule is Cc1sc2ncn(C(C)C(=O)Nc3ccccc3)c(=O)c2c1-c1ccc(Cl)cc1. The molecule has 146 valence electrons. The lowest BCUT2D eigenvalue weighted by Gasteiger charge is -2.15. The van der Waals surface area contributed by atoms with Crippen LogP contribution in [0.4, 0.5) is 5.69 Å². The molecule has 1 atom stereocenters. The maximum atomic E-state index is 13.3. The second-order valence-electron chi connectivity index (χ2n) is 6.71. The van der Waals surface area contributed by atoms with Gasteiger partial charge >= 0.3 is 0 Å². The van der Waals surface area contributed by atoms with Crippen molar-refractivity contribution in [3.63, 3.8) is 0 Å². The van der Waals surface area contributed by atoms with E-state index < -0.39 is 6.04 Å². The van der Waals surface area contributed by atoms with Crippen LogP contribution >= 0.6 is 22.9 Å². The summed E-state index contributed by atoms with van der Waals surface area (Å²) in [7, 11) is 0. The first-order chi connectivity index (χ1) is 14.0. The third-order valence-corrected chi connectivity index (χ3v) is 6.05. The number of nitrogens with zero attached hydrogens (tertiary/aromatic N) is 2. The third kappa shape index (κ3) is 3.69. The maximum Gasteiger partial charge on any atom is 0.263 e. The minimum absolute atomic E-state index is 0.236. The molecule has 1 unspecified atom stereocenters. The van der Waals surface area contributed by atoms with Gasteiger partial charge in [-0.2, -0.15) is 0 Å². The van der Waals surface area contributed by atoms with Crippen LogP contribution in [0.2, 0.25) is 5.02 Å². The Morgan fingerprint density at radius 2 is 1.83 bits per heavy atom. The predicted molar refractivity (Wildman–Crippen MR) is 119 cm³/mol. The van der Waals surface area contributed by atoms with Gasteiger partial charge in [0.1, 0.15) is 10.9 Å². The highest BCUT2D eigenvalue weighted by Gasteiger charge is 2.22. The van der Waals surface area contributed by atoms with Crippen LogP contribution in [0.25, 0.3) is 21.3 Å². The summed E-state index contributed by atoms with van der Waals surface area (Å²) in [6.45, 7) is 3.65. The molecule has 2 aromatic carbocycles. The van der Waals surface area contributed by atoms with Crippen molar-refractivity contribution in [1.29, 1.82) is 0 Å². The van der Waals surface area contributed by atoms with Gasteiger partial charge in [-0.3, -0.25) is 14.2 Å². The van der Waals surface area contributed by atoms with E-state index in [1.54, 1.807) is 31.2 Å². The standard InChI is InChI=1S/C22H18ClN3O2S/c1-13(20(27)25-17-6-4-3-5-7-17)26-12-24-21-19(22(26)28)18(14(2)29-21)15-8-10-16(23)11-9-15/h3-13H,1-2H3,(H,25,27). The number of aromatic nitrogens is 2. The molecular formula is C22H18ClN3O2S. The molecule has 0 spiro atoms. The van der Waals surface area contributed by atoms with E-state index in [1.165, 1.54) is 22.2 Å². The van der Waals surface area contributed by atoms with E-state index >= 15 is 0 Å². The van der Waals surface area contributed by atoms with Crippen LogP contribution in [0.3, 0.4) is 0 Å². The molecule has 0 aliphatic heterocycles. The first-order valence-corrected chi connectivity index (χ1v) is 10.3. The van der Waals surface area contributed by atoms with Gasteiger partial charge in [0.25, 0.3) is 5.56 Å². The minimum Gasteiger partial charge on any atom is -0.324 e. The second kappa shape index (κ2) is 7.81. The summed E-state index contributed by atoms with van der Waals surface area (Å²) in [6.07, 6.45) is 1.45. The molecule has 4 rings (SSSR count). The number of hydrogen-bond acceptors (Lipinski definition) is 4. The van der Waals surface area contributed by atoms with E-state index in [0.29, 0.717) is 20.9 Å². The van der Waals surface area contributed by atoms with Crippen molar-refractivity contribution in [2.24, 2.45) is 0 Å². The number of thiophene rings is 1. The van der Waals surface area contributed by atoms with Crippen molar-refractivity contribution in [2.45, 2.75) is 19.9 Å². The van der Waals surface area contributed by atoms with Crippen LogP contribution in [0.15, 0.2) is 65.7 Å². The number of carbonyl (C=O) groups excluding carboxylic acids is 1. The fourth-order valence-electron chi connectivity index (χ4n) is 3.25. The molecule has 0 radical (unpaired) electrons. The summed E-state index contributed by atoms with van der Waals surface area (Å²) in [6, 6.07) is 15.8. The highest BCUT2D eigenvalue weighted by atomic mass is 35.5. The number of amides is 1. The fourth-order valence-corrected chi connectivity index (χ4v) is 4.38. The van der Waals surface area contributed by atoms with Gasteiger partial charge in [0.2, 0.25) is 5.91 Å².